The largest absolute Gasteiger partial charge is 0.393 e. The van der Waals surface area contributed by atoms with Gasteiger partial charge < -0.3 is 5.73 Å². The van der Waals surface area contributed by atoms with Gasteiger partial charge in [0.1, 0.15) is 5.69 Å². The molecule has 2 atom stereocenters. The number of nitrogen functional groups attached to an aromatic ring is 1. The smallest absolute Gasteiger partial charge is 0.292 e. The molecule has 2 unspecified atom stereocenters. The van der Waals surface area contributed by atoms with Crippen molar-refractivity contribution in [2.45, 2.75) is 29.2 Å². The average Bonchev–Trinajstić information content (AvgIpc) is 2.36. The summed E-state index contributed by atoms with van der Waals surface area (Å²) in [5.41, 5.74) is 5.14. The number of nitrogens with two attached hydrogens (primary N) is 1. The highest BCUT2D eigenvalue weighted by Gasteiger charge is 2.32. The molecule has 21 heavy (non-hydrogen) atoms. The second-order valence-corrected chi connectivity index (χ2v) is 8.88. The Morgan fingerprint density at radius 3 is 2.38 bits per heavy atom. The van der Waals surface area contributed by atoms with Gasteiger partial charge in [-0.05, 0) is 12.1 Å². The van der Waals surface area contributed by atoms with E-state index in [4.69, 9.17) is 5.73 Å². The number of nitro groups is 1. The van der Waals surface area contributed by atoms with Gasteiger partial charge >= 0.3 is 0 Å². The van der Waals surface area contributed by atoms with Crippen LogP contribution in [0.4, 0.5) is 11.4 Å². The molecule has 1 aromatic carbocycles. The van der Waals surface area contributed by atoms with E-state index in [1.165, 1.54) is 10.4 Å². The van der Waals surface area contributed by atoms with Gasteiger partial charge in [-0.15, -0.1) is 0 Å². The third-order valence-corrected chi connectivity index (χ3v) is 6.27. The molecular formula is C12H17N3O4S2. The summed E-state index contributed by atoms with van der Waals surface area (Å²) in [6.07, 6.45) is 0. The zero-order valence-electron chi connectivity index (χ0n) is 11.7. The van der Waals surface area contributed by atoms with Gasteiger partial charge in [-0.2, -0.15) is 16.1 Å². The van der Waals surface area contributed by atoms with Crippen molar-refractivity contribution in [2.75, 3.05) is 18.8 Å². The van der Waals surface area contributed by atoms with Crippen molar-refractivity contribution in [1.82, 2.24) is 4.31 Å². The molecule has 1 aromatic rings. The fraction of sp³-hybridized carbons (Fsp3) is 0.500. The van der Waals surface area contributed by atoms with Crippen molar-refractivity contribution in [2.24, 2.45) is 0 Å². The summed E-state index contributed by atoms with van der Waals surface area (Å²) in [7, 11) is -3.68. The van der Waals surface area contributed by atoms with Gasteiger partial charge in [0.2, 0.25) is 10.0 Å². The number of hydrogen-bond acceptors (Lipinski definition) is 6. The second kappa shape index (κ2) is 5.82. The Labute approximate surface area is 127 Å². The van der Waals surface area contributed by atoms with E-state index < -0.39 is 14.9 Å². The fourth-order valence-electron chi connectivity index (χ4n) is 2.34. The van der Waals surface area contributed by atoms with Crippen LogP contribution in [0.25, 0.3) is 0 Å². The van der Waals surface area contributed by atoms with Crippen molar-refractivity contribution in [3.63, 3.8) is 0 Å². The van der Waals surface area contributed by atoms with Crippen LogP contribution in [0, 0.1) is 10.1 Å². The van der Waals surface area contributed by atoms with Crippen LogP contribution in [0.3, 0.4) is 0 Å². The summed E-state index contributed by atoms with van der Waals surface area (Å²) in [5, 5.41) is 11.1. The number of anilines is 1. The summed E-state index contributed by atoms with van der Waals surface area (Å²) in [6, 6.07) is 3.53. The number of nitro benzene ring substituents is 1. The predicted molar refractivity (Wildman–Crippen MR) is 82.8 cm³/mol. The summed E-state index contributed by atoms with van der Waals surface area (Å²) in [6.45, 7) is 4.81. The summed E-state index contributed by atoms with van der Waals surface area (Å²) in [4.78, 5) is 10.1. The number of benzene rings is 1. The Morgan fingerprint density at radius 1 is 1.33 bits per heavy atom. The number of thioether (sulfide) groups is 1. The van der Waals surface area contributed by atoms with E-state index in [-0.39, 0.29) is 26.8 Å². The van der Waals surface area contributed by atoms with Crippen LogP contribution in [-0.2, 0) is 10.0 Å². The molecule has 116 valence electrons. The lowest BCUT2D eigenvalue weighted by molar-refractivity contribution is -0.383. The Bertz CT molecular complexity index is 652. The molecule has 0 radical (unpaired) electrons. The van der Waals surface area contributed by atoms with Crippen LogP contribution in [0.2, 0.25) is 0 Å². The van der Waals surface area contributed by atoms with Crippen LogP contribution < -0.4 is 5.73 Å². The van der Waals surface area contributed by atoms with E-state index in [1.807, 2.05) is 13.8 Å². The molecule has 0 bridgehead atoms. The van der Waals surface area contributed by atoms with Crippen molar-refractivity contribution in [1.29, 1.82) is 0 Å². The minimum absolute atomic E-state index is 0.00287. The first-order chi connectivity index (χ1) is 9.71. The first kappa shape index (κ1) is 16.1. The number of nitrogens with zero attached hydrogens (tertiary/aromatic N) is 2. The molecule has 7 nitrogen and oxygen atoms in total. The molecule has 2 rings (SSSR count). The summed E-state index contributed by atoms with van der Waals surface area (Å²) < 4.78 is 26.6. The molecule has 0 spiro atoms. The molecule has 1 aliphatic heterocycles. The standard InChI is InChI=1S/C12H17N3O4S2/c1-8-6-14(7-9(2)20-8)21(18,19)10-3-4-12(15(16)17)11(13)5-10/h3-5,8-9H,6-7,13H2,1-2H3. The van der Waals surface area contributed by atoms with Gasteiger partial charge in [-0.25, -0.2) is 8.42 Å². The van der Waals surface area contributed by atoms with Gasteiger partial charge in [0.15, 0.2) is 0 Å². The summed E-state index contributed by atoms with van der Waals surface area (Å²) >= 11 is 1.75. The van der Waals surface area contributed by atoms with E-state index in [1.54, 1.807) is 11.8 Å². The third-order valence-electron chi connectivity index (χ3n) is 3.22. The molecule has 0 saturated carbocycles. The zero-order chi connectivity index (χ0) is 15.8. The first-order valence-corrected chi connectivity index (χ1v) is 8.79. The minimum atomic E-state index is -3.68. The van der Waals surface area contributed by atoms with Crippen LogP contribution in [-0.4, -0.2) is 41.2 Å². The van der Waals surface area contributed by atoms with Crippen LogP contribution >= 0.6 is 11.8 Å². The molecular weight excluding hydrogens is 314 g/mol. The maximum Gasteiger partial charge on any atom is 0.292 e. The van der Waals surface area contributed by atoms with Gasteiger partial charge in [-0.3, -0.25) is 10.1 Å². The maximum absolute atomic E-state index is 12.6. The molecule has 0 aromatic heterocycles. The maximum atomic E-state index is 12.6. The lowest BCUT2D eigenvalue weighted by Crippen LogP contribution is -2.43. The van der Waals surface area contributed by atoms with Gasteiger partial charge in [0.25, 0.3) is 5.69 Å². The fourth-order valence-corrected chi connectivity index (χ4v) is 5.50. The third kappa shape index (κ3) is 3.30. The van der Waals surface area contributed by atoms with E-state index in [9.17, 15) is 18.5 Å². The monoisotopic (exact) mass is 331 g/mol. The molecule has 2 N–H and O–H groups in total. The molecule has 1 saturated heterocycles. The molecule has 1 fully saturated rings. The van der Waals surface area contributed by atoms with Crippen molar-refractivity contribution in [3.8, 4) is 0 Å². The Kier molecular flexibility index (Phi) is 4.45. The highest BCUT2D eigenvalue weighted by atomic mass is 32.2. The number of rotatable bonds is 3. The minimum Gasteiger partial charge on any atom is -0.393 e. The topological polar surface area (TPSA) is 107 Å². The predicted octanol–water partition coefficient (Wildman–Crippen LogP) is 1.69. The lowest BCUT2D eigenvalue weighted by Gasteiger charge is -2.33. The normalized spacial score (nSPS) is 23.9. The van der Waals surface area contributed by atoms with Crippen molar-refractivity contribution >= 4 is 33.2 Å². The van der Waals surface area contributed by atoms with E-state index >= 15 is 0 Å². The zero-order valence-corrected chi connectivity index (χ0v) is 13.4. The lowest BCUT2D eigenvalue weighted by atomic mass is 10.3. The first-order valence-electron chi connectivity index (χ1n) is 6.41. The average molecular weight is 331 g/mol. The molecule has 1 aliphatic rings. The molecule has 0 aliphatic carbocycles. The van der Waals surface area contributed by atoms with Gasteiger partial charge in [0, 0.05) is 29.7 Å². The van der Waals surface area contributed by atoms with Crippen LogP contribution in [0.1, 0.15) is 13.8 Å². The Balaban J connectivity index is 2.35. The number of hydrogen-bond donors (Lipinski definition) is 1. The van der Waals surface area contributed by atoms with Crippen LogP contribution in [0.5, 0.6) is 0 Å². The van der Waals surface area contributed by atoms with Gasteiger partial charge in [0.05, 0.1) is 9.82 Å². The van der Waals surface area contributed by atoms with Crippen LogP contribution in [0.15, 0.2) is 23.1 Å². The second-order valence-electron chi connectivity index (χ2n) is 5.06. The number of sulfonamides is 1. The SMILES string of the molecule is CC1CN(S(=O)(=O)c2ccc([N+](=O)[O-])c(N)c2)CC(C)S1. The van der Waals surface area contributed by atoms with E-state index in [2.05, 4.69) is 0 Å². The molecule has 1 heterocycles. The Hall–Kier alpha value is -1.32. The van der Waals surface area contributed by atoms with Crippen molar-refractivity contribution < 1.29 is 13.3 Å². The Morgan fingerprint density at radius 2 is 1.90 bits per heavy atom. The van der Waals surface area contributed by atoms with E-state index in [0.717, 1.165) is 12.1 Å². The summed E-state index contributed by atoms with van der Waals surface area (Å²) in [5.74, 6) is 0. The van der Waals surface area contributed by atoms with Gasteiger partial charge in [-0.1, -0.05) is 13.8 Å². The van der Waals surface area contributed by atoms with E-state index in [0.29, 0.717) is 13.1 Å². The molecule has 9 heteroatoms. The quantitative estimate of drug-likeness (QED) is 0.513. The highest BCUT2D eigenvalue weighted by Crippen LogP contribution is 2.31. The highest BCUT2D eigenvalue weighted by molar-refractivity contribution is 8.00. The van der Waals surface area contributed by atoms with Crippen molar-refractivity contribution in [3.05, 3.63) is 28.3 Å². The molecule has 0 amide bonds.